The van der Waals surface area contributed by atoms with Crippen molar-refractivity contribution in [1.82, 2.24) is 14.7 Å². The Morgan fingerprint density at radius 1 is 1.19 bits per heavy atom. The van der Waals surface area contributed by atoms with Crippen molar-refractivity contribution < 1.29 is 9.53 Å². The second-order valence-corrected chi connectivity index (χ2v) is 6.30. The molecule has 2 N–H and O–H groups in total. The Morgan fingerprint density at radius 2 is 2.04 bits per heavy atom. The number of amides is 1. The highest BCUT2D eigenvalue weighted by atomic mass is 16.6. The van der Waals surface area contributed by atoms with Gasteiger partial charge in [0.25, 0.3) is 0 Å². The minimum absolute atomic E-state index is 0.355. The second kappa shape index (κ2) is 8.47. The fraction of sp³-hybridized carbons (Fsp3) is 0.350. The minimum atomic E-state index is -0.457. The van der Waals surface area contributed by atoms with E-state index in [4.69, 9.17) is 10.1 Å². The zero-order valence-corrected chi connectivity index (χ0v) is 15.0. The van der Waals surface area contributed by atoms with Gasteiger partial charge in [-0.05, 0) is 30.7 Å². The molecule has 0 atom stereocenters. The van der Waals surface area contributed by atoms with Gasteiger partial charge in [-0.3, -0.25) is 9.81 Å². The van der Waals surface area contributed by atoms with Crippen LogP contribution < -0.4 is 15.5 Å². The van der Waals surface area contributed by atoms with Crippen LogP contribution in [0.4, 0.5) is 4.79 Å². The molecule has 2 heterocycles. The number of carbonyl (C=O) groups is 1. The SMILES string of the molecule is CCCCCCCNC(=O)Oc1ccc2c(=N)n3ccccc3nc2c1. The van der Waals surface area contributed by atoms with E-state index in [-0.39, 0.29) is 0 Å². The Morgan fingerprint density at radius 3 is 2.88 bits per heavy atom. The van der Waals surface area contributed by atoms with E-state index in [0.717, 1.165) is 12.8 Å². The van der Waals surface area contributed by atoms with Gasteiger partial charge in [-0.15, -0.1) is 0 Å². The molecule has 0 saturated carbocycles. The van der Waals surface area contributed by atoms with Crippen LogP contribution in [0.5, 0.6) is 5.75 Å². The molecule has 0 aliphatic carbocycles. The number of carbonyl (C=O) groups excluding carboxylic acids is 1. The van der Waals surface area contributed by atoms with E-state index in [1.54, 1.807) is 22.6 Å². The number of aromatic nitrogens is 2. The third-order valence-electron chi connectivity index (χ3n) is 4.30. The molecular weight excluding hydrogens is 328 g/mol. The van der Waals surface area contributed by atoms with Crippen LogP contribution in [-0.2, 0) is 0 Å². The highest BCUT2D eigenvalue weighted by Crippen LogP contribution is 2.18. The number of rotatable bonds is 7. The van der Waals surface area contributed by atoms with Crippen LogP contribution in [0.3, 0.4) is 0 Å². The topological polar surface area (TPSA) is 79.5 Å². The van der Waals surface area contributed by atoms with Gasteiger partial charge in [-0.2, -0.15) is 0 Å². The molecule has 6 heteroatoms. The van der Waals surface area contributed by atoms with E-state index in [0.29, 0.717) is 34.3 Å². The molecule has 1 aromatic carbocycles. The summed E-state index contributed by atoms with van der Waals surface area (Å²) in [6.45, 7) is 2.80. The lowest BCUT2D eigenvalue weighted by Crippen LogP contribution is -2.27. The first-order valence-electron chi connectivity index (χ1n) is 9.10. The Kier molecular flexibility index (Phi) is 5.84. The first-order valence-corrected chi connectivity index (χ1v) is 9.10. The molecule has 0 aliphatic heterocycles. The summed E-state index contributed by atoms with van der Waals surface area (Å²) in [5.41, 5.74) is 1.67. The third kappa shape index (κ3) is 4.20. The van der Waals surface area contributed by atoms with E-state index < -0.39 is 6.09 Å². The maximum atomic E-state index is 11.9. The highest BCUT2D eigenvalue weighted by Gasteiger charge is 2.07. The number of hydrogen-bond acceptors (Lipinski definition) is 4. The summed E-state index contributed by atoms with van der Waals surface area (Å²) >= 11 is 0. The van der Waals surface area contributed by atoms with Gasteiger partial charge in [-0.25, -0.2) is 9.78 Å². The van der Waals surface area contributed by atoms with E-state index in [2.05, 4.69) is 17.2 Å². The van der Waals surface area contributed by atoms with Gasteiger partial charge < -0.3 is 10.1 Å². The van der Waals surface area contributed by atoms with Crippen LogP contribution in [0.15, 0.2) is 42.6 Å². The number of nitrogens with zero attached hydrogens (tertiary/aromatic N) is 2. The first kappa shape index (κ1) is 17.9. The molecule has 0 radical (unpaired) electrons. The van der Waals surface area contributed by atoms with Crippen molar-refractivity contribution in [3.8, 4) is 5.75 Å². The van der Waals surface area contributed by atoms with Crippen LogP contribution in [0, 0.1) is 5.41 Å². The van der Waals surface area contributed by atoms with Crippen LogP contribution in [0.1, 0.15) is 39.0 Å². The van der Waals surface area contributed by atoms with Crippen molar-refractivity contribution in [3.05, 3.63) is 48.1 Å². The molecule has 1 amide bonds. The molecule has 0 spiro atoms. The van der Waals surface area contributed by atoms with E-state index in [1.165, 1.54) is 19.3 Å². The normalized spacial score (nSPS) is 11.0. The summed E-state index contributed by atoms with van der Waals surface area (Å²) < 4.78 is 7.06. The summed E-state index contributed by atoms with van der Waals surface area (Å²) in [7, 11) is 0. The second-order valence-electron chi connectivity index (χ2n) is 6.30. The predicted octanol–water partition coefficient (Wildman–Crippen LogP) is 4.03. The van der Waals surface area contributed by atoms with Crippen LogP contribution in [0.2, 0.25) is 0 Å². The first-order chi connectivity index (χ1) is 12.7. The molecular formula is C20H24N4O2. The smallest absolute Gasteiger partial charge is 0.410 e. The molecule has 0 aliphatic rings. The summed E-state index contributed by atoms with van der Waals surface area (Å²) in [5.74, 6) is 0.424. The number of hydrogen-bond donors (Lipinski definition) is 2. The molecule has 0 fully saturated rings. The van der Waals surface area contributed by atoms with Crippen molar-refractivity contribution in [3.63, 3.8) is 0 Å². The lowest BCUT2D eigenvalue weighted by Gasteiger charge is -2.08. The minimum Gasteiger partial charge on any atom is -0.410 e. The van der Waals surface area contributed by atoms with Crippen molar-refractivity contribution >= 4 is 22.6 Å². The van der Waals surface area contributed by atoms with Gasteiger partial charge in [-0.1, -0.05) is 38.7 Å². The van der Waals surface area contributed by atoms with E-state index in [9.17, 15) is 4.79 Å². The Labute approximate surface area is 152 Å². The largest absolute Gasteiger partial charge is 0.412 e. The van der Waals surface area contributed by atoms with Gasteiger partial charge in [0, 0.05) is 24.2 Å². The summed E-state index contributed by atoms with van der Waals surface area (Å²) in [4.78, 5) is 16.5. The quantitative estimate of drug-likeness (QED) is 0.498. The van der Waals surface area contributed by atoms with Gasteiger partial charge in [0.05, 0.1) is 5.52 Å². The van der Waals surface area contributed by atoms with Crippen LogP contribution in [-0.4, -0.2) is 22.0 Å². The molecule has 0 saturated heterocycles. The maximum Gasteiger partial charge on any atom is 0.412 e. The van der Waals surface area contributed by atoms with Crippen molar-refractivity contribution in [2.45, 2.75) is 39.0 Å². The summed E-state index contributed by atoms with van der Waals surface area (Å²) in [5, 5.41) is 11.8. The van der Waals surface area contributed by atoms with Crippen LogP contribution >= 0.6 is 0 Å². The Bertz CT molecular complexity index is 965. The number of pyridine rings is 1. The molecule has 0 bridgehead atoms. The number of unbranched alkanes of at least 4 members (excludes halogenated alkanes) is 4. The van der Waals surface area contributed by atoms with Crippen LogP contribution in [0.25, 0.3) is 16.6 Å². The molecule has 6 nitrogen and oxygen atoms in total. The van der Waals surface area contributed by atoms with Crippen molar-refractivity contribution in [2.24, 2.45) is 0 Å². The van der Waals surface area contributed by atoms with E-state index >= 15 is 0 Å². The number of ether oxygens (including phenoxy) is 1. The van der Waals surface area contributed by atoms with E-state index in [1.807, 2.05) is 24.4 Å². The molecule has 2 aromatic heterocycles. The molecule has 0 unspecified atom stereocenters. The monoisotopic (exact) mass is 352 g/mol. The number of benzene rings is 1. The third-order valence-corrected chi connectivity index (χ3v) is 4.30. The molecule has 3 rings (SSSR count). The fourth-order valence-electron chi connectivity index (χ4n) is 2.90. The Balaban J connectivity index is 1.66. The maximum absolute atomic E-state index is 11.9. The Hall–Kier alpha value is -2.89. The number of nitrogens with one attached hydrogen (secondary N) is 2. The van der Waals surface area contributed by atoms with Gasteiger partial charge >= 0.3 is 6.09 Å². The van der Waals surface area contributed by atoms with Crippen molar-refractivity contribution in [2.75, 3.05) is 6.54 Å². The van der Waals surface area contributed by atoms with Gasteiger partial charge in [0.2, 0.25) is 0 Å². The predicted molar refractivity (Wildman–Crippen MR) is 101 cm³/mol. The molecule has 3 aromatic rings. The van der Waals surface area contributed by atoms with Crippen molar-refractivity contribution in [1.29, 1.82) is 5.41 Å². The lowest BCUT2D eigenvalue weighted by atomic mass is 10.1. The zero-order valence-electron chi connectivity index (χ0n) is 15.0. The number of fused-ring (bicyclic) bond motifs is 2. The van der Waals surface area contributed by atoms with Gasteiger partial charge in [0.1, 0.15) is 16.9 Å². The summed E-state index contributed by atoms with van der Waals surface area (Å²) in [6.07, 6.45) is 7.07. The summed E-state index contributed by atoms with van der Waals surface area (Å²) in [6, 6.07) is 10.7. The average molecular weight is 352 g/mol. The standard InChI is InChI=1S/C20H24N4O2/c1-2-3-4-5-7-12-22-20(25)26-15-10-11-16-17(14-15)23-18-9-6-8-13-24(18)19(16)21/h6,8-11,13-14,21H,2-5,7,12H2,1H3,(H,22,25). The molecule has 136 valence electrons. The fourth-order valence-corrected chi connectivity index (χ4v) is 2.90. The zero-order chi connectivity index (χ0) is 18.4. The highest BCUT2D eigenvalue weighted by molar-refractivity contribution is 5.81. The average Bonchev–Trinajstić information content (AvgIpc) is 2.64. The molecule has 26 heavy (non-hydrogen) atoms. The lowest BCUT2D eigenvalue weighted by molar-refractivity contribution is 0.200. The van der Waals surface area contributed by atoms with Gasteiger partial charge in [0.15, 0.2) is 0 Å².